The number of rotatable bonds is 3. The smallest absolute Gasteiger partial charge is 0.377 e. The highest BCUT2D eigenvalue weighted by Gasteiger charge is 2.16. The number of hydrogen-bond acceptors (Lipinski definition) is 3. The van der Waals surface area contributed by atoms with E-state index in [1.54, 1.807) is 6.07 Å². The number of halogens is 1. The molecular formula is C11H7FN2O3. The van der Waals surface area contributed by atoms with Crippen LogP contribution in [0.1, 0.15) is 10.4 Å². The first-order valence-electron chi connectivity index (χ1n) is 4.67. The molecule has 0 radical (unpaired) electrons. The fraction of sp³-hybridized carbons (Fsp3) is 0. The van der Waals surface area contributed by atoms with Crippen molar-refractivity contribution >= 4 is 11.8 Å². The van der Waals surface area contributed by atoms with Gasteiger partial charge in [0.05, 0.1) is 0 Å². The van der Waals surface area contributed by atoms with Crippen molar-refractivity contribution in [3.63, 3.8) is 0 Å². The van der Waals surface area contributed by atoms with E-state index in [4.69, 9.17) is 5.11 Å². The van der Waals surface area contributed by atoms with Gasteiger partial charge in [0.2, 0.25) is 0 Å². The van der Waals surface area contributed by atoms with Gasteiger partial charge < -0.3 is 5.11 Å². The van der Waals surface area contributed by atoms with Gasteiger partial charge in [0.1, 0.15) is 11.5 Å². The molecule has 86 valence electrons. The maximum atomic E-state index is 13.6. The molecule has 1 heterocycles. The SMILES string of the molecule is O=C(O)C(=O)c1ccc(-n2cccn2)c(F)c1. The van der Waals surface area contributed by atoms with Crippen molar-refractivity contribution < 1.29 is 19.1 Å². The van der Waals surface area contributed by atoms with Crippen LogP contribution < -0.4 is 0 Å². The maximum absolute atomic E-state index is 13.6. The summed E-state index contributed by atoms with van der Waals surface area (Å²) in [6, 6.07) is 5.05. The zero-order chi connectivity index (χ0) is 12.4. The third kappa shape index (κ3) is 2.05. The van der Waals surface area contributed by atoms with Crippen LogP contribution in [0, 0.1) is 5.82 Å². The summed E-state index contributed by atoms with van der Waals surface area (Å²) >= 11 is 0. The average Bonchev–Trinajstić information content (AvgIpc) is 2.81. The van der Waals surface area contributed by atoms with Crippen molar-refractivity contribution in [3.8, 4) is 5.69 Å². The first-order chi connectivity index (χ1) is 8.09. The Kier molecular flexibility index (Phi) is 2.70. The number of aliphatic carboxylic acids is 1. The van der Waals surface area contributed by atoms with Gasteiger partial charge in [-0.1, -0.05) is 0 Å². The number of benzene rings is 1. The number of carbonyl (C=O) groups excluding carboxylic acids is 1. The lowest BCUT2D eigenvalue weighted by atomic mass is 10.1. The van der Waals surface area contributed by atoms with E-state index in [2.05, 4.69) is 5.10 Å². The molecule has 0 spiro atoms. The topological polar surface area (TPSA) is 72.2 Å². The second-order valence-electron chi connectivity index (χ2n) is 3.25. The Hall–Kier alpha value is -2.50. The van der Waals surface area contributed by atoms with Gasteiger partial charge in [-0.2, -0.15) is 5.10 Å². The average molecular weight is 234 g/mol. The van der Waals surface area contributed by atoms with Gasteiger partial charge in [0.25, 0.3) is 5.78 Å². The molecule has 6 heteroatoms. The molecule has 0 aliphatic rings. The van der Waals surface area contributed by atoms with E-state index in [0.29, 0.717) is 0 Å². The quantitative estimate of drug-likeness (QED) is 0.641. The zero-order valence-electron chi connectivity index (χ0n) is 8.50. The van der Waals surface area contributed by atoms with E-state index in [1.807, 2.05) is 0 Å². The molecule has 2 rings (SSSR count). The van der Waals surface area contributed by atoms with E-state index in [1.165, 1.54) is 29.2 Å². The lowest BCUT2D eigenvalue weighted by molar-refractivity contribution is -0.131. The Morgan fingerprint density at radius 2 is 2.12 bits per heavy atom. The van der Waals surface area contributed by atoms with Crippen LogP contribution in [0.2, 0.25) is 0 Å². The number of nitrogens with zero attached hydrogens (tertiary/aromatic N) is 2. The second kappa shape index (κ2) is 4.17. The minimum Gasteiger partial charge on any atom is -0.475 e. The van der Waals surface area contributed by atoms with E-state index in [9.17, 15) is 14.0 Å². The van der Waals surface area contributed by atoms with E-state index < -0.39 is 17.6 Å². The summed E-state index contributed by atoms with van der Waals surface area (Å²) < 4.78 is 14.9. The highest BCUT2D eigenvalue weighted by molar-refractivity contribution is 6.39. The normalized spacial score (nSPS) is 10.2. The molecule has 1 N–H and O–H groups in total. The predicted molar refractivity (Wildman–Crippen MR) is 55.5 cm³/mol. The summed E-state index contributed by atoms with van der Waals surface area (Å²) in [5.41, 5.74) is -0.0529. The van der Waals surface area contributed by atoms with Crippen LogP contribution in [-0.2, 0) is 4.79 Å². The van der Waals surface area contributed by atoms with Gasteiger partial charge >= 0.3 is 5.97 Å². The maximum Gasteiger partial charge on any atom is 0.377 e. The highest BCUT2D eigenvalue weighted by Crippen LogP contribution is 2.14. The standard InChI is InChI=1S/C11H7FN2O3/c12-8-6-7(10(15)11(16)17)2-3-9(8)14-5-1-4-13-14/h1-6H,(H,16,17). The Morgan fingerprint density at radius 3 is 2.65 bits per heavy atom. The number of carboxylic acids is 1. The van der Waals surface area contributed by atoms with Crippen molar-refractivity contribution in [1.82, 2.24) is 9.78 Å². The molecule has 0 aliphatic heterocycles. The van der Waals surface area contributed by atoms with Crippen LogP contribution >= 0.6 is 0 Å². The second-order valence-corrected chi connectivity index (χ2v) is 3.25. The lowest BCUT2D eigenvalue weighted by Gasteiger charge is -2.04. The molecule has 0 amide bonds. The number of ketones is 1. The van der Waals surface area contributed by atoms with Gasteiger partial charge in [-0.15, -0.1) is 0 Å². The molecule has 5 nitrogen and oxygen atoms in total. The van der Waals surface area contributed by atoms with Crippen molar-refractivity contribution in [2.75, 3.05) is 0 Å². The summed E-state index contributed by atoms with van der Waals surface area (Å²) in [6.45, 7) is 0. The molecule has 2 aromatic rings. The number of hydrogen-bond donors (Lipinski definition) is 1. The molecule has 1 aromatic heterocycles. The molecule has 0 fully saturated rings. The van der Waals surface area contributed by atoms with Crippen LogP contribution in [0.3, 0.4) is 0 Å². The zero-order valence-corrected chi connectivity index (χ0v) is 8.50. The van der Waals surface area contributed by atoms with Gasteiger partial charge in [0.15, 0.2) is 0 Å². The highest BCUT2D eigenvalue weighted by atomic mass is 19.1. The van der Waals surface area contributed by atoms with E-state index >= 15 is 0 Å². The third-order valence-corrected chi connectivity index (χ3v) is 2.16. The Labute approximate surface area is 95.1 Å². The largest absolute Gasteiger partial charge is 0.475 e. The Balaban J connectivity index is 2.42. The van der Waals surface area contributed by atoms with Gasteiger partial charge in [0, 0.05) is 18.0 Å². The number of carbonyl (C=O) groups is 2. The summed E-state index contributed by atoms with van der Waals surface area (Å²) in [4.78, 5) is 21.5. The summed E-state index contributed by atoms with van der Waals surface area (Å²) in [5.74, 6) is -3.46. The molecule has 0 bridgehead atoms. The molecule has 0 aliphatic carbocycles. The van der Waals surface area contributed by atoms with E-state index in [0.717, 1.165) is 6.07 Å². The van der Waals surface area contributed by atoms with Gasteiger partial charge in [-0.3, -0.25) is 4.79 Å². The number of aromatic nitrogens is 2. The molecule has 17 heavy (non-hydrogen) atoms. The molecule has 0 atom stereocenters. The molecule has 0 saturated heterocycles. The fourth-order valence-electron chi connectivity index (χ4n) is 1.37. The van der Waals surface area contributed by atoms with Gasteiger partial charge in [-0.25, -0.2) is 13.9 Å². The summed E-state index contributed by atoms with van der Waals surface area (Å²) in [6.07, 6.45) is 3.02. The van der Waals surface area contributed by atoms with E-state index in [-0.39, 0.29) is 11.3 Å². The van der Waals surface area contributed by atoms with Crippen molar-refractivity contribution in [2.24, 2.45) is 0 Å². The molecule has 1 aromatic carbocycles. The number of carboxylic acid groups (broad SMARTS) is 1. The van der Waals surface area contributed by atoms with Crippen LogP contribution in [0.5, 0.6) is 0 Å². The van der Waals surface area contributed by atoms with Crippen molar-refractivity contribution in [3.05, 3.63) is 48.0 Å². The first kappa shape index (κ1) is 11.0. The van der Waals surface area contributed by atoms with Crippen LogP contribution in [0.4, 0.5) is 4.39 Å². The van der Waals surface area contributed by atoms with Crippen LogP contribution in [0.25, 0.3) is 5.69 Å². The first-order valence-corrected chi connectivity index (χ1v) is 4.67. The van der Waals surface area contributed by atoms with Crippen molar-refractivity contribution in [1.29, 1.82) is 0 Å². The summed E-state index contributed by atoms with van der Waals surface area (Å²) in [5, 5.41) is 12.3. The molecule has 0 saturated carbocycles. The molecule has 0 unspecified atom stereocenters. The van der Waals surface area contributed by atoms with Crippen LogP contribution in [-0.4, -0.2) is 26.6 Å². The van der Waals surface area contributed by atoms with Crippen molar-refractivity contribution in [2.45, 2.75) is 0 Å². The van der Waals surface area contributed by atoms with Gasteiger partial charge in [-0.05, 0) is 24.3 Å². The summed E-state index contributed by atoms with van der Waals surface area (Å²) in [7, 11) is 0. The minimum atomic E-state index is -1.61. The minimum absolute atomic E-state index is 0.150. The monoisotopic (exact) mass is 234 g/mol. The number of Topliss-reactive ketones (excluding diaryl/α,β-unsaturated/α-hetero) is 1. The third-order valence-electron chi connectivity index (χ3n) is 2.16. The van der Waals surface area contributed by atoms with Crippen LogP contribution in [0.15, 0.2) is 36.7 Å². The lowest BCUT2D eigenvalue weighted by Crippen LogP contribution is -2.13. The predicted octanol–water partition coefficient (Wildman–Crippen LogP) is 1.28. The Bertz CT molecular complexity index is 578. The molecular weight excluding hydrogens is 227 g/mol. The fourth-order valence-corrected chi connectivity index (χ4v) is 1.37. The Morgan fingerprint density at radius 1 is 1.35 bits per heavy atom.